The maximum absolute atomic E-state index is 12.0. The third-order valence-corrected chi connectivity index (χ3v) is 3.15. The Labute approximate surface area is 116 Å². The van der Waals surface area contributed by atoms with Crippen LogP contribution in [-0.2, 0) is 0 Å². The number of anilines is 1. The van der Waals surface area contributed by atoms with Crippen LogP contribution in [0.15, 0.2) is 29.1 Å². The number of nitrogens with one attached hydrogen (secondary N) is 1. The fraction of sp³-hybridized carbons (Fsp3) is 0. The lowest BCUT2D eigenvalue weighted by Crippen LogP contribution is -2.20. The summed E-state index contributed by atoms with van der Waals surface area (Å²) in [7, 11) is 0. The van der Waals surface area contributed by atoms with E-state index in [1.54, 1.807) is 12.1 Å². The number of nitrogens with two attached hydrogens (primary N) is 1. The van der Waals surface area contributed by atoms with Gasteiger partial charge in [0.25, 0.3) is 5.56 Å². The van der Waals surface area contributed by atoms with Crippen LogP contribution in [0.3, 0.4) is 0 Å². The van der Waals surface area contributed by atoms with Crippen LogP contribution in [0.5, 0.6) is 0 Å². The first-order valence-corrected chi connectivity index (χ1v) is 6.01. The second-order valence-electron chi connectivity index (χ2n) is 3.86. The van der Waals surface area contributed by atoms with Gasteiger partial charge in [-0.25, -0.2) is 0 Å². The normalized spacial score (nSPS) is 11.1. The molecule has 19 heavy (non-hydrogen) atoms. The summed E-state index contributed by atoms with van der Waals surface area (Å²) in [6.07, 6.45) is 0. The van der Waals surface area contributed by atoms with Crippen molar-refractivity contribution in [1.29, 1.82) is 0 Å². The SMILES string of the molecule is Nc1n[nH]c2cc(=O)n(-c3ccc(Cl)cc3Cl)nc12. The van der Waals surface area contributed by atoms with Crippen molar-refractivity contribution in [1.82, 2.24) is 20.0 Å². The molecule has 8 heteroatoms. The first kappa shape index (κ1) is 12.0. The number of hydrogen-bond acceptors (Lipinski definition) is 4. The van der Waals surface area contributed by atoms with Crippen molar-refractivity contribution in [2.24, 2.45) is 0 Å². The molecule has 0 unspecified atom stereocenters. The molecule has 2 aromatic heterocycles. The first-order valence-electron chi connectivity index (χ1n) is 5.25. The number of nitrogen functional groups attached to an aromatic ring is 1. The highest BCUT2D eigenvalue weighted by atomic mass is 35.5. The monoisotopic (exact) mass is 295 g/mol. The summed E-state index contributed by atoms with van der Waals surface area (Å²) in [5.41, 5.74) is 6.63. The molecule has 0 spiro atoms. The number of rotatable bonds is 1. The Morgan fingerprint density at radius 2 is 2.05 bits per heavy atom. The number of halogens is 2. The molecule has 6 nitrogen and oxygen atoms in total. The van der Waals surface area contributed by atoms with Gasteiger partial charge in [-0.3, -0.25) is 9.89 Å². The van der Waals surface area contributed by atoms with E-state index in [2.05, 4.69) is 15.3 Å². The predicted octanol–water partition coefficient (Wildman–Crippen LogP) is 2.00. The van der Waals surface area contributed by atoms with Gasteiger partial charge in [0, 0.05) is 11.1 Å². The van der Waals surface area contributed by atoms with Crippen molar-refractivity contribution in [3.05, 3.63) is 44.7 Å². The highest BCUT2D eigenvalue weighted by Gasteiger charge is 2.11. The Balaban J connectivity index is 2.32. The number of aromatic amines is 1. The van der Waals surface area contributed by atoms with Crippen molar-refractivity contribution in [3.63, 3.8) is 0 Å². The van der Waals surface area contributed by atoms with Crippen LogP contribution in [0, 0.1) is 0 Å². The van der Waals surface area contributed by atoms with Gasteiger partial charge >= 0.3 is 0 Å². The lowest BCUT2D eigenvalue weighted by molar-refractivity contribution is 0.832. The second-order valence-corrected chi connectivity index (χ2v) is 4.70. The van der Waals surface area contributed by atoms with Crippen LogP contribution in [0.25, 0.3) is 16.7 Å². The van der Waals surface area contributed by atoms with Crippen molar-refractivity contribution in [2.75, 3.05) is 5.73 Å². The van der Waals surface area contributed by atoms with Crippen LogP contribution in [0.4, 0.5) is 5.82 Å². The quantitative estimate of drug-likeness (QED) is 0.718. The average Bonchev–Trinajstić information content (AvgIpc) is 2.70. The Bertz CT molecular complexity index is 839. The van der Waals surface area contributed by atoms with Gasteiger partial charge in [-0.05, 0) is 18.2 Å². The van der Waals surface area contributed by atoms with Crippen LogP contribution in [-0.4, -0.2) is 20.0 Å². The van der Waals surface area contributed by atoms with Gasteiger partial charge in [-0.15, -0.1) is 0 Å². The fourth-order valence-corrected chi connectivity index (χ4v) is 2.22. The minimum absolute atomic E-state index is 0.217. The van der Waals surface area contributed by atoms with Gasteiger partial charge in [0.2, 0.25) is 0 Å². The van der Waals surface area contributed by atoms with Crippen LogP contribution < -0.4 is 11.3 Å². The van der Waals surface area contributed by atoms with Gasteiger partial charge in [-0.2, -0.15) is 14.9 Å². The highest BCUT2D eigenvalue weighted by molar-refractivity contribution is 6.35. The molecule has 0 atom stereocenters. The predicted molar refractivity (Wildman–Crippen MR) is 73.9 cm³/mol. The standard InChI is InChI=1S/C11H7Cl2N5O/c12-5-1-2-8(6(13)3-5)18-9(19)4-7-10(17-18)11(14)16-15-7/h1-4,15H,(H2,14,16). The minimum atomic E-state index is -0.347. The zero-order valence-corrected chi connectivity index (χ0v) is 10.9. The van der Waals surface area contributed by atoms with Crippen molar-refractivity contribution >= 4 is 40.1 Å². The summed E-state index contributed by atoms with van der Waals surface area (Å²) in [5, 5.41) is 11.4. The summed E-state index contributed by atoms with van der Waals surface area (Å²) < 4.78 is 1.16. The number of nitrogens with zero attached hydrogens (tertiary/aromatic N) is 3. The van der Waals surface area contributed by atoms with Crippen LogP contribution in [0.1, 0.15) is 0 Å². The number of benzene rings is 1. The van der Waals surface area contributed by atoms with Crippen molar-refractivity contribution in [3.8, 4) is 5.69 Å². The Kier molecular flexibility index (Phi) is 2.69. The van der Waals surface area contributed by atoms with Gasteiger partial charge in [0.15, 0.2) is 11.3 Å². The Morgan fingerprint density at radius 1 is 1.26 bits per heavy atom. The number of aromatic nitrogens is 4. The lowest BCUT2D eigenvalue weighted by Gasteiger charge is -2.06. The van der Waals surface area contributed by atoms with E-state index < -0.39 is 0 Å². The van der Waals surface area contributed by atoms with Crippen LogP contribution >= 0.6 is 23.2 Å². The van der Waals surface area contributed by atoms with Crippen molar-refractivity contribution < 1.29 is 0 Å². The topological polar surface area (TPSA) is 89.6 Å². The minimum Gasteiger partial charge on any atom is -0.380 e. The third-order valence-electron chi connectivity index (χ3n) is 2.61. The van der Waals surface area contributed by atoms with Gasteiger partial charge in [0.1, 0.15) is 0 Å². The molecule has 0 saturated carbocycles. The summed E-state index contributed by atoms with van der Waals surface area (Å²) in [5.74, 6) is 0.217. The summed E-state index contributed by atoms with van der Waals surface area (Å²) in [6, 6.07) is 6.13. The number of H-pyrrole nitrogens is 1. The zero-order chi connectivity index (χ0) is 13.6. The van der Waals surface area contributed by atoms with Gasteiger partial charge < -0.3 is 5.73 Å². The molecule has 1 aromatic carbocycles. The zero-order valence-electron chi connectivity index (χ0n) is 9.39. The molecule has 0 saturated heterocycles. The summed E-state index contributed by atoms with van der Waals surface area (Å²) in [4.78, 5) is 12.0. The molecule has 0 aliphatic heterocycles. The van der Waals surface area contributed by atoms with Crippen LogP contribution in [0.2, 0.25) is 10.0 Å². The third kappa shape index (κ3) is 1.94. The molecule has 0 amide bonds. The molecule has 0 aliphatic rings. The molecule has 0 aliphatic carbocycles. The van der Waals surface area contributed by atoms with E-state index in [1.807, 2.05) is 0 Å². The van der Waals surface area contributed by atoms with E-state index in [9.17, 15) is 4.79 Å². The summed E-state index contributed by atoms with van der Waals surface area (Å²) in [6.45, 7) is 0. The number of hydrogen-bond donors (Lipinski definition) is 2. The van der Waals surface area contributed by atoms with Gasteiger partial charge in [-0.1, -0.05) is 23.2 Å². The Hall–Kier alpha value is -2.05. The lowest BCUT2D eigenvalue weighted by atomic mass is 10.3. The highest BCUT2D eigenvalue weighted by Crippen LogP contribution is 2.23. The van der Waals surface area contributed by atoms with Gasteiger partial charge in [0.05, 0.1) is 16.2 Å². The second kappa shape index (κ2) is 4.25. The molecule has 3 rings (SSSR count). The average molecular weight is 296 g/mol. The molecule has 0 radical (unpaired) electrons. The molecular weight excluding hydrogens is 289 g/mol. The van der Waals surface area contributed by atoms with E-state index in [-0.39, 0.29) is 11.4 Å². The van der Waals surface area contributed by atoms with E-state index in [4.69, 9.17) is 28.9 Å². The molecule has 0 fully saturated rings. The maximum atomic E-state index is 12.0. The number of fused-ring (bicyclic) bond motifs is 1. The van der Waals surface area contributed by atoms with E-state index in [0.717, 1.165) is 4.68 Å². The maximum Gasteiger partial charge on any atom is 0.273 e. The van der Waals surface area contributed by atoms with E-state index in [0.29, 0.717) is 26.8 Å². The molecule has 2 heterocycles. The van der Waals surface area contributed by atoms with Crippen molar-refractivity contribution in [2.45, 2.75) is 0 Å². The molecule has 3 aromatic rings. The Morgan fingerprint density at radius 3 is 2.79 bits per heavy atom. The fourth-order valence-electron chi connectivity index (χ4n) is 1.73. The summed E-state index contributed by atoms with van der Waals surface area (Å²) >= 11 is 11.9. The smallest absolute Gasteiger partial charge is 0.273 e. The van der Waals surface area contributed by atoms with E-state index >= 15 is 0 Å². The molecular formula is C11H7Cl2N5O. The van der Waals surface area contributed by atoms with E-state index in [1.165, 1.54) is 12.1 Å². The largest absolute Gasteiger partial charge is 0.380 e. The first-order chi connectivity index (χ1) is 9.06. The molecule has 96 valence electrons. The molecule has 3 N–H and O–H groups in total. The molecule has 0 bridgehead atoms.